The lowest BCUT2D eigenvalue weighted by atomic mass is 9.82. The zero-order chi connectivity index (χ0) is 13.7. The van der Waals surface area contributed by atoms with Crippen LogP contribution in [0.2, 0.25) is 0 Å². The summed E-state index contributed by atoms with van der Waals surface area (Å²) in [6.45, 7) is 4.57. The molecular formula is C15H22BrClN2O. The standard InChI is InChI=1S/C15H21BrN2O.ClH/c1-15(8-2-9-17-11-15)14(19)18-10-7-12-3-5-13(16)6-4-12;/h3-6,17H,2,7-11H2,1H3,(H,18,19);1H. The first-order valence-corrected chi connectivity index (χ1v) is 7.63. The van der Waals surface area contributed by atoms with Gasteiger partial charge in [0.25, 0.3) is 0 Å². The minimum Gasteiger partial charge on any atom is -0.355 e. The molecule has 0 spiro atoms. The minimum atomic E-state index is -0.238. The summed E-state index contributed by atoms with van der Waals surface area (Å²) < 4.78 is 1.08. The van der Waals surface area contributed by atoms with Gasteiger partial charge in [-0.1, -0.05) is 28.1 Å². The molecule has 112 valence electrons. The van der Waals surface area contributed by atoms with Crippen molar-refractivity contribution >= 4 is 34.2 Å². The number of hydrogen-bond acceptors (Lipinski definition) is 2. The Balaban J connectivity index is 0.00000200. The highest BCUT2D eigenvalue weighted by atomic mass is 79.9. The molecule has 1 amide bonds. The summed E-state index contributed by atoms with van der Waals surface area (Å²) >= 11 is 3.42. The summed E-state index contributed by atoms with van der Waals surface area (Å²) in [5.41, 5.74) is 1.01. The lowest BCUT2D eigenvalue weighted by Crippen LogP contribution is -2.49. The Labute approximate surface area is 135 Å². The van der Waals surface area contributed by atoms with Gasteiger partial charge in [0.2, 0.25) is 5.91 Å². The Morgan fingerprint density at radius 1 is 1.40 bits per heavy atom. The zero-order valence-corrected chi connectivity index (χ0v) is 14.1. The fraction of sp³-hybridized carbons (Fsp3) is 0.533. The van der Waals surface area contributed by atoms with Gasteiger partial charge in [-0.15, -0.1) is 12.4 Å². The SMILES string of the molecule is CC1(C(=O)NCCc2ccc(Br)cc2)CCCNC1.Cl. The maximum Gasteiger partial charge on any atom is 0.227 e. The topological polar surface area (TPSA) is 41.1 Å². The number of halogens is 2. The highest BCUT2D eigenvalue weighted by Crippen LogP contribution is 2.25. The van der Waals surface area contributed by atoms with Crippen molar-refractivity contribution < 1.29 is 4.79 Å². The van der Waals surface area contributed by atoms with E-state index in [1.165, 1.54) is 5.56 Å². The van der Waals surface area contributed by atoms with E-state index in [4.69, 9.17) is 0 Å². The molecule has 20 heavy (non-hydrogen) atoms. The lowest BCUT2D eigenvalue weighted by molar-refractivity contribution is -0.131. The molecule has 1 heterocycles. The van der Waals surface area contributed by atoms with E-state index in [1.54, 1.807) is 0 Å². The zero-order valence-electron chi connectivity index (χ0n) is 11.7. The van der Waals surface area contributed by atoms with Gasteiger partial charge in [-0.2, -0.15) is 0 Å². The van der Waals surface area contributed by atoms with Crippen LogP contribution in [0.25, 0.3) is 0 Å². The second kappa shape index (κ2) is 8.01. The van der Waals surface area contributed by atoms with E-state index in [1.807, 2.05) is 19.1 Å². The van der Waals surface area contributed by atoms with Crippen molar-refractivity contribution in [3.8, 4) is 0 Å². The fourth-order valence-electron chi connectivity index (χ4n) is 2.43. The molecular weight excluding hydrogens is 340 g/mol. The molecule has 0 bridgehead atoms. The first kappa shape index (κ1) is 17.5. The van der Waals surface area contributed by atoms with E-state index >= 15 is 0 Å². The predicted molar refractivity (Wildman–Crippen MR) is 88.3 cm³/mol. The molecule has 0 aromatic heterocycles. The van der Waals surface area contributed by atoms with E-state index in [9.17, 15) is 4.79 Å². The van der Waals surface area contributed by atoms with Gasteiger partial charge < -0.3 is 10.6 Å². The Morgan fingerprint density at radius 2 is 2.10 bits per heavy atom. The van der Waals surface area contributed by atoms with E-state index in [0.29, 0.717) is 6.54 Å². The van der Waals surface area contributed by atoms with Crippen LogP contribution in [0.4, 0.5) is 0 Å². The van der Waals surface area contributed by atoms with Crippen molar-refractivity contribution in [3.05, 3.63) is 34.3 Å². The predicted octanol–water partition coefficient (Wildman–Crippen LogP) is 2.92. The average Bonchev–Trinajstić information content (AvgIpc) is 2.42. The molecule has 2 rings (SSSR count). The van der Waals surface area contributed by atoms with Crippen LogP contribution >= 0.6 is 28.3 Å². The molecule has 1 atom stereocenters. The third kappa shape index (κ3) is 4.76. The van der Waals surface area contributed by atoms with Crippen LogP contribution < -0.4 is 10.6 Å². The fourth-order valence-corrected chi connectivity index (χ4v) is 2.70. The van der Waals surface area contributed by atoms with Crippen LogP contribution in [0.5, 0.6) is 0 Å². The van der Waals surface area contributed by atoms with Gasteiger partial charge >= 0.3 is 0 Å². The van der Waals surface area contributed by atoms with Crippen molar-refractivity contribution in [2.24, 2.45) is 5.41 Å². The molecule has 0 aliphatic carbocycles. The molecule has 0 saturated carbocycles. The maximum atomic E-state index is 12.2. The van der Waals surface area contributed by atoms with Crippen LogP contribution in [0.15, 0.2) is 28.7 Å². The van der Waals surface area contributed by atoms with Crippen LogP contribution in [-0.2, 0) is 11.2 Å². The lowest BCUT2D eigenvalue weighted by Gasteiger charge is -2.32. The van der Waals surface area contributed by atoms with Crippen LogP contribution in [0.1, 0.15) is 25.3 Å². The molecule has 0 radical (unpaired) electrons. The third-order valence-corrected chi connectivity index (χ3v) is 4.29. The summed E-state index contributed by atoms with van der Waals surface area (Å²) in [6.07, 6.45) is 2.93. The van der Waals surface area contributed by atoms with Crippen molar-refractivity contribution in [2.45, 2.75) is 26.2 Å². The monoisotopic (exact) mass is 360 g/mol. The first-order chi connectivity index (χ1) is 9.10. The summed E-state index contributed by atoms with van der Waals surface area (Å²) in [5, 5.41) is 6.37. The van der Waals surface area contributed by atoms with Gasteiger partial charge in [-0.25, -0.2) is 0 Å². The molecule has 1 aliphatic rings. The van der Waals surface area contributed by atoms with Crippen LogP contribution in [0, 0.1) is 5.41 Å². The van der Waals surface area contributed by atoms with Gasteiger partial charge in [0.05, 0.1) is 5.41 Å². The van der Waals surface area contributed by atoms with Gasteiger partial charge in [0.1, 0.15) is 0 Å². The van der Waals surface area contributed by atoms with Crippen LogP contribution in [0.3, 0.4) is 0 Å². The molecule has 1 aromatic carbocycles. The summed E-state index contributed by atoms with van der Waals surface area (Å²) in [7, 11) is 0. The van der Waals surface area contributed by atoms with Gasteiger partial charge in [-0.05, 0) is 50.4 Å². The van der Waals surface area contributed by atoms with E-state index in [0.717, 1.165) is 36.8 Å². The van der Waals surface area contributed by atoms with Gasteiger partial charge in [0, 0.05) is 17.6 Å². The second-order valence-electron chi connectivity index (χ2n) is 5.47. The first-order valence-electron chi connectivity index (χ1n) is 6.84. The van der Waals surface area contributed by atoms with E-state index < -0.39 is 0 Å². The highest BCUT2D eigenvalue weighted by Gasteiger charge is 2.34. The molecule has 1 aliphatic heterocycles. The normalized spacial score (nSPS) is 21.9. The molecule has 5 heteroatoms. The Bertz CT molecular complexity index is 430. The number of hydrogen-bond donors (Lipinski definition) is 2. The Hall–Kier alpha value is -0.580. The number of rotatable bonds is 4. The molecule has 1 unspecified atom stereocenters. The third-order valence-electron chi connectivity index (χ3n) is 3.76. The number of carbonyl (C=O) groups is 1. The highest BCUT2D eigenvalue weighted by molar-refractivity contribution is 9.10. The Morgan fingerprint density at radius 3 is 2.70 bits per heavy atom. The van der Waals surface area contributed by atoms with E-state index in [-0.39, 0.29) is 23.7 Å². The molecule has 1 saturated heterocycles. The van der Waals surface area contributed by atoms with Gasteiger partial charge in [-0.3, -0.25) is 4.79 Å². The molecule has 2 N–H and O–H groups in total. The number of piperidine rings is 1. The number of nitrogens with one attached hydrogen (secondary N) is 2. The number of benzene rings is 1. The average molecular weight is 362 g/mol. The largest absolute Gasteiger partial charge is 0.355 e. The molecule has 1 aromatic rings. The maximum absolute atomic E-state index is 12.2. The van der Waals surface area contributed by atoms with Crippen molar-refractivity contribution in [1.82, 2.24) is 10.6 Å². The van der Waals surface area contributed by atoms with Gasteiger partial charge in [0.15, 0.2) is 0 Å². The van der Waals surface area contributed by atoms with Crippen molar-refractivity contribution in [3.63, 3.8) is 0 Å². The van der Waals surface area contributed by atoms with Crippen molar-refractivity contribution in [1.29, 1.82) is 0 Å². The number of amides is 1. The van der Waals surface area contributed by atoms with E-state index in [2.05, 4.69) is 38.7 Å². The Kier molecular flexibility index (Phi) is 7.00. The minimum absolute atomic E-state index is 0. The number of carbonyl (C=O) groups excluding carboxylic acids is 1. The quantitative estimate of drug-likeness (QED) is 0.866. The summed E-state index contributed by atoms with van der Waals surface area (Å²) in [5.74, 6) is 0.178. The van der Waals surface area contributed by atoms with Crippen molar-refractivity contribution in [2.75, 3.05) is 19.6 Å². The molecule has 1 fully saturated rings. The smallest absolute Gasteiger partial charge is 0.227 e. The van der Waals surface area contributed by atoms with Crippen LogP contribution in [-0.4, -0.2) is 25.5 Å². The summed E-state index contributed by atoms with van der Waals surface area (Å²) in [4.78, 5) is 12.2. The molecule has 3 nitrogen and oxygen atoms in total. The summed E-state index contributed by atoms with van der Waals surface area (Å²) in [6, 6.07) is 8.23. The second-order valence-corrected chi connectivity index (χ2v) is 6.39.